The van der Waals surface area contributed by atoms with E-state index in [1.54, 1.807) is 19.1 Å². The number of nitrogens with one attached hydrogen (secondary N) is 1. The molecule has 7 heteroatoms. The van der Waals surface area contributed by atoms with Gasteiger partial charge < -0.3 is 10.2 Å². The molecule has 1 aromatic heterocycles. The van der Waals surface area contributed by atoms with E-state index in [1.165, 1.54) is 12.4 Å². The van der Waals surface area contributed by atoms with E-state index in [-0.39, 0.29) is 0 Å². The molecule has 0 aliphatic heterocycles. The van der Waals surface area contributed by atoms with Crippen molar-refractivity contribution in [1.82, 2.24) is 9.97 Å². The third-order valence-electron chi connectivity index (χ3n) is 2.28. The maximum absolute atomic E-state index is 13.3. The first-order chi connectivity index (χ1) is 8.61. The Morgan fingerprint density at radius 2 is 2.17 bits per heavy atom. The third-order valence-corrected chi connectivity index (χ3v) is 2.92. The van der Waals surface area contributed by atoms with E-state index in [9.17, 15) is 4.39 Å². The first-order valence-electron chi connectivity index (χ1n) is 5.03. The van der Waals surface area contributed by atoms with Crippen molar-refractivity contribution in [1.29, 1.82) is 0 Å². The second-order valence-electron chi connectivity index (χ2n) is 3.47. The van der Waals surface area contributed by atoms with Gasteiger partial charge in [0.1, 0.15) is 23.7 Å². The minimum absolute atomic E-state index is 0.319. The van der Waals surface area contributed by atoms with Gasteiger partial charge in [-0.2, -0.15) is 0 Å². The fourth-order valence-corrected chi connectivity index (χ4v) is 1.58. The van der Waals surface area contributed by atoms with Crippen molar-refractivity contribution in [2.45, 2.75) is 6.92 Å². The van der Waals surface area contributed by atoms with E-state index >= 15 is 0 Å². The van der Waals surface area contributed by atoms with Gasteiger partial charge in [0.15, 0.2) is 0 Å². The van der Waals surface area contributed by atoms with Crippen LogP contribution in [0, 0.1) is 12.7 Å². The number of hydrogen-bond donors (Lipinski definition) is 2. The standard InChI is InChI=1S/C11H10BrFN4O/c1-6-10(17-14)15-5-16-11(6)18-7-2-3-8(12)9(13)4-7/h2-5H,14H2,1H3,(H,15,16,17). The SMILES string of the molecule is Cc1c(NN)ncnc1Oc1ccc(Br)c(F)c1. The molecule has 18 heavy (non-hydrogen) atoms. The molecule has 1 heterocycles. The second kappa shape index (κ2) is 5.28. The van der Waals surface area contributed by atoms with Crippen LogP contribution in [-0.2, 0) is 0 Å². The molecule has 2 rings (SSSR count). The van der Waals surface area contributed by atoms with Crippen LogP contribution in [0.3, 0.4) is 0 Å². The monoisotopic (exact) mass is 312 g/mol. The largest absolute Gasteiger partial charge is 0.438 e. The molecular weight excluding hydrogens is 303 g/mol. The van der Waals surface area contributed by atoms with Gasteiger partial charge in [0, 0.05) is 6.07 Å². The van der Waals surface area contributed by atoms with Gasteiger partial charge in [-0.25, -0.2) is 20.2 Å². The Labute approximate surface area is 111 Å². The Bertz CT molecular complexity index is 579. The fourth-order valence-electron chi connectivity index (χ4n) is 1.33. The number of nitrogen functional groups attached to an aromatic ring is 1. The number of anilines is 1. The van der Waals surface area contributed by atoms with Crippen LogP contribution in [0.15, 0.2) is 29.0 Å². The summed E-state index contributed by atoms with van der Waals surface area (Å²) in [6.07, 6.45) is 1.31. The number of aromatic nitrogens is 2. The molecule has 0 radical (unpaired) electrons. The van der Waals surface area contributed by atoms with Crippen LogP contribution in [0.25, 0.3) is 0 Å². The van der Waals surface area contributed by atoms with Crippen LogP contribution in [-0.4, -0.2) is 9.97 Å². The maximum Gasteiger partial charge on any atom is 0.227 e. The van der Waals surface area contributed by atoms with Crippen molar-refractivity contribution >= 4 is 21.7 Å². The molecule has 0 saturated heterocycles. The Morgan fingerprint density at radius 1 is 1.39 bits per heavy atom. The molecule has 2 aromatic rings. The highest BCUT2D eigenvalue weighted by molar-refractivity contribution is 9.10. The molecule has 5 nitrogen and oxygen atoms in total. The van der Waals surface area contributed by atoms with Crippen molar-refractivity contribution < 1.29 is 9.13 Å². The highest BCUT2D eigenvalue weighted by Crippen LogP contribution is 2.28. The molecule has 1 aromatic carbocycles. The molecule has 0 unspecified atom stereocenters. The quantitative estimate of drug-likeness (QED) is 0.673. The first-order valence-corrected chi connectivity index (χ1v) is 5.82. The van der Waals surface area contributed by atoms with Gasteiger partial charge in [-0.15, -0.1) is 0 Å². The predicted octanol–water partition coefficient (Wildman–Crippen LogP) is 2.76. The lowest BCUT2D eigenvalue weighted by molar-refractivity contribution is 0.452. The lowest BCUT2D eigenvalue weighted by Crippen LogP contribution is -2.11. The Kier molecular flexibility index (Phi) is 3.73. The number of rotatable bonds is 3. The number of benzene rings is 1. The van der Waals surface area contributed by atoms with Crippen LogP contribution in [0.5, 0.6) is 11.6 Å². The predicted molar refractivity (Wildman–Crippen MR) is 68.8 cm³/mol. The molecule has 3 N–H and O–H groups in total. The van der Waals surface area contributed by atoms with Gasteiger partial charge in [0.2, 0.25) is 5.88 Å². The number of nitrogens with two attached hydrogens (primary N) is 1. The van der Waals surface area contributed by atoms with Gasteiger partial charge in [0.05, 0.1) is 10.0 Å². The van der Waals surface area contributed by atoms with E-state index in [2.05, 4.69) is 31.3 Å². The number of hydrazine groups is 1. The summed E-state index contributed by atoms with van der Waals surface area (Å²) in [7, 11) is 0. The molecule has 0 saturated carbocycles. The Hall–Kier alpha value is -1.73. The van der Waals surface area contributed by atoms with Crippen LogP contribution >= 0.6 is 15.9 Å². The minimum Gasteiger partial charge on any atom is -0.438 e. The van der Waals surface area contributed by atoms with Crippen molar-refractivity contribution in [3.8, 4) is 11.6 Å². The topological polar surface area (TPSA) is 73.1 Å². The van der Waals surface area contributed by atoms with Crippen molar-refractivity contribution in [2.24, 2.45) is 5.84 Å². The van der Waals surface area contributed by atoms with Gasteiger partial charge in [-0.05, 0) is 35.0 Å². The molecule has 0 aliphatic rings. The normalized spacial score (nSPS) is 10.2. The summed E-state index contributed by atoms with van der Waals surface area (Å²) in [4.78, 5) is 7.89. The summed E-state index contributed by atoms with van der Waals surface area (Å²) in [5.74, 6) is 6.01. The molecule has 0 atom stereocenters. The van der Waals surface area contributed by atoms with Crippen molar-refractivity contribution in [3.05, 3.63) is 40.4 Å². The maximum atomic E-state index is 13.3. The molecule has 0 aliphatic carbocycles. The van der Waals surface area contributed by atoms with E-state index in [0.29, 0.717) is 27.5 Å². The summed E-state index contributed by atoms with van der Waals surface area (Å²) in [6.45, 7) is 1.75. The van der Waals surface area contributed by atoms with E-state index in [4.69, 9.17) is 10.6 Å². The zero-order valence-electron chi connectivity index (χ0n) is 9.45. The van der Waals surface area contributed by atoms with Gasteiger partial charge >= 0.3 is 0 Å². The summed E-state index contributed by atoms with van der Waals surface area (Å²) in [5, 5.41) is 0. The zero-order chi connectivity index (χ0) is 13.1. The van der Waals surface area contributed by atoms with Crippen molar-refractivity contribution in [2.75, 3.05) is 5.43 Å². The van der Waals surface area contributed by atoms with Gasteiger partial charge in [-0.3, -0.25) is 0 Å². The van der Waals surface area contributed by atoms with Crippen LogP contribution in [0.1, 0.15) is 5.56 Å². The number of halogens is 2. The van der Waals surface area contributed by atoms with Gasteiger partial charge in [0.25, 0.3) is 0 Å². The lowest BCUT2D eigenvalue weighted by Gasteiger charge is -2.10. The third kappa shape index (κ3) is 2.57. The van der Waals surface area contributed by atoms with Gasteiger partial charge in [-0.1, -0.05) is 0 Å². The zero-order valence-corrected chi connectivity index (χ0v) is 11.0. The molecule has 0 spiro atoms. The van der Waals surface area contributed by atoms with Crippen LogP contribution < -0.4 is 16.0 Å². The summed E-state index contributed by atoms with van der Waals surface area (Å²) in [5.41, 5.74) is 3.07. The van der Waals surface area contributed by atoms with Crippen LogP contribution in [0.2, 0.25) is 0 Å². The lowest BCUT2D eigenvalue weighted by atomic mass is 10.3. The number of nitrogens with zero attached hydrogens (tertiary/aromatic N) is 2. The number of ether oxygens (including phenoxy) is 1. The van der Waals surface area contributed by atoms with E-state index in [1.807, 2.05) is 0 Å². The highest BCUT2D eigenvalue weighted by Gasteiger charge is 2.09. The molecular formula is C11H10BrFN4O. The average molecular weight is 313 g/mol. The second-order valence-corrected chi connectivity index (χ2v) is 4.33. The smallest absolute Gasteiger partial charge is 0.227 e. The minimum atomic E-state index is -0.406. The Morgan fingerprint density at radius 3 is 2.83 bits per heavy atom. The van der Waals surface area contributed by atoms with E-state index < -0.39 is 5.82 Å². The average Bonchev–Trinajstić information content (AvgIpc) is 2.36. The number of hydrogen-bond acceptors (Lipinski definition) is 5. The molecule has 0 bridgehead atoms. The summed E-state index contributed by atoms with van der Waals surface area (Å²) >= 11 is 3.07. The molecule has 94 valence electrons. The van der Waals surface area contributed by atoms with Crippen LogP contribution in [0.4, 0.5) is 10.2 Å². The first kappa shape index (κ1) is 12.7. The van der Waals surface area contributed by atoms with Crippen molar-refractivity contribution in [3.63, 3.8) is 0 Å². The summed E-state index contributed by atoms with van der Waals surface area (Å²) in [6, 6.07) is 4.45. The Balaban J connectivity index is 2.31. The highest BCUT2D eigenvalue weighted by atomic mass is 79.9. The van der Waals surface area contributed by atoms with E-state index in [0.717, 1.165) is 0 Å². The fraction of sp³-hybridized carbons (Fsp3) is 0.0909. The molecule has 0 amide bonds. The summed E-state index contributed by atoms with van der Waals surface area (Å²) < 4.78 is 19.2. The molecule has 0 fully saturated rings.